The van der Waals surface area contributed by atoms with Gasteiger partial charge in [0.15, 0.2) is 0 Å². The Morgan fingerprint density at radius 2 is 1.84 bits per heavy atom. The van der Waals surface area contributed by atoms with E-state index in [2.05, 4.69) is 26.8 Å². The molecule has 1 aliphatic heterocycles. The third-order valence-corrected chi connectivity index (χ3v) is 5.93. The van der Waals surface area contributed by atoms with Gasteiger partial charge in [-0.3, -0.25) is 15.5 Å². The van der Waals surface area contributed by atoms with Gasteiger partial charge in [0.25, 0.3) is 5.69 Å². The Bertz CT molecular complexity index is 1110. The topological polar surface area (TPSA) is 106 Å². The number of nitro benzene ring substituents is 1. The molecule has 0 aromatic heterocycles. The predicted octanol–water partition coefficient (Wildman–Crippen LogP) is 4.63. The SMILES string of the molecule is CC1NNC(c2ccc(OCc3ccc([N+](=O)[O-])cc3)cc2O)C1Oc1ccccc1Br. The molecule has 0 radical (unpaired) electrons. The highest BCUT2D eigenvalue weighted by atomic mass is 79.9. The first-order valence-corrected chi connectivity index (χ1v) is 10.8. The minimum atomic E-state index is -0.443. The van der Waals surface area contributed by atoms with Crippen molar-refractivity contribution in [1.29, 1.82) is 0 Å². The van der Waals surface area contributed by atoms with Crippen molar-refractivity contribution in [2.24, 2.45) is 0 Å². The van der Waals surface area contributed by atoms with Gasteiger partial charge in [0.2, 0.25) is 0 Å². The Hall–Kier alpha value is -3.14. The molecule has 1 fully saturated rings. The monoisotopic (exact) mass is 499 g/mol. The van der Waals surface area contributed by atoms with Gasteiger partial charge in [-0.25, -0.2) is 5.43 Å². The molecule has 3 aromatic carbocycles. The molecule has 8 nitrogen and oxygen atoms in total. The first-order chi connectivity index (χ1) is 15.4. The second kappa shape index (κ2) is 9.56. The summed E-state index contributed by atoms with van der Waals surface area (Å²) in [6.45, 7) is 2.23. The van der Waals surface area contributed by atoms with Crippen LogP contribution < -0.4 is 20.3 Å². The molecule has 3 atom stereocenters. The number of para-hydroxylation sites is 1. The molecule has 3 unspecified atom stereocenters. The number of hydrazine groups is 1. The van der Waals surface area contributed by atoms with Crippen LogP contribution in [0.4, 0.5) is 5.69 Å². The summed E-state index contributed by atoms with van der Waals surface area (Å²) in [5.41, 5.74) is 7.88. The van der Waals surface area contributed by atoms with Gasteiger partial charge in [-0.2, -0.15) is 0 Å². The summed E-state index contributed by atoms with van der Waals surface area (Å²) in [5.74, 6) is 1.30. The highest BCUT2D eigenvalue weighted by Gasteiger charge is 2.37. The molecule has 1 saturated heterocycles. The minimum absolute atomic E-state index is 0.00423. The van der Waals surface area contributed by atoms with Gasteiger partial charge in [0.05, 0.1) is 21.5 Å². The number of hydrogen-bond donors (Lipinski definition) is 3. The molecule has 1 heterocycles. The van der Waals surface area contributed by atoms with Crippen LogP contribution in [-0.2, 0) is 6.61 Å². The number of benzene rings is 3. The fraction of sp³-hybridized carbons (Fsp3) is 0.217. The third-order valence-electron chi connectivity index (χ3n) is 5.28. The zero-order chi connectivity index (χ0) is 22.7. The number of nitrogens with one attached hydrogen (secondary N) is 2. The molecule has 0 amide bonds. The Kier molecular flexibility index (Phi) is 6.59. The zero-order valence-corrected chi connectivity index (χ0v) is 18.8. The molecule has 3 N–H and O–H groups in total. The number of ether oxygens (including phenoxy) is 2. The number of aromatic hydroxyl groups is 1. The molecular formula is C23H22BrN3O5. The summed E-state index contributed by atoms with van der Waals surface area (Å²) in [6, 6.07) is 18.7. The molecule has 1 aliphatic rings. The van der Waals surface area contributed by atoms with E-state index in [-0.39, 0.29) is 36.2 Å². The molecule has 9 heteroatoms. The molecule has 0 aliphatic carbocycles. The van der Waals surface area contributed by atoms with Gasteiger partial charge in [0.1, 0.15) is 30.0 Å². The van der Waals surface area contributed by atoms with E-state index in [4.69, 9.17) is 9.47 Å². The lowest BCUT2D eigenvalue weighted by molar-refractivity contribution is -0.384. The Morgan fingerprint density at radius 3 is 2.53 bits per heavy atom. The van der Waals surface area contributed by atoms with Crippen molar-refractivity contribution in [3.8, 4) is 17.2 Å². The van der Waals surface area contributed by atoms with Crippen molar-refractivity contribution in [3.63, 3.8) is 0 Å². The number of rotatable bonds is 7. The van der Waals surface area contributed by atoms with Gasteiger partial charge in [-0.1, -0.05) is 12.1 Å². The van der Waals surface area contributed by atoms with Gasteiger partial charge in [0, 0.05) is 23.8 Å². The highest BCUT2D eigenvalue weighted by Crippen LogP contribution is 2.36. The second-order valence-corrected chi connectivity index (χ2v) is 8.36. The average molecular weight is 500 g/mol. The lowest BCUT2D eigenvalue weighted by atomic mass is 9.98. The summed E-state index contributed by atoms with van der Waals surface area (Å²) >= 11 is 3.51. The summed E-state index contributed by atoms with van der Waals surface area (Å²) in [6.07, 6.45) is -0.258. The van der Waals surface area contributed by atoms with Crippen LogP contribution >= 0.6 is 15.9 Å². The van der Waals surface area contributed by atoms with E-state index in [0.29, 0.717) is 11.3 Å². The van der Waals surface area contributed by atoms with Gasteiger partial charge >= 0.3 is 0 Å². The largest absolute Gasteiger partial charge is 0.507 e. The molecule has 32 heavy (non-hydrogen) atoms. The average Bonchev–Trinajstić information content (AvgIpc) is 3.14. The number of nitrogens with zero attached hydrogens (tertiary/aromatic N) is 1. The standard InChI is InChI=1S/C23H22BrN3O5/c1-14-23(32-21-5-3-2-4-19(21)24)22(26-25-14)18-11-10-17(12-20(18)28)31-13-15-6-8-16(9-7-15)27(29)30/h2-12,14,22-23,25-26,28H,13H2,1H3. The van der Waals surface area contributed by atoms with Crippen LogP contribution in [0.3, 0.4) is 0 Å². The van der Waals surface area contributed by atoms with E-state index in [1.807, 2.05) is 31.2 Å². The molecule has 166 valence electrons. The Morgan fingerprint density at radius 1 is 1.09 bits per heavy atom. The number of non-ortho nitro benzene ring substituents is 1. The zero-order valence-electron chi connectivity index (χ0n) is 17.2. The van der Waals surface area contributed by atoms with Crippen molar-refractivity contribution >= 4 is 21.6 Å². The van der Waals surface area contributed by atoms with E-state index in [9.17, 15) is 15.2 Å². The first kappa shape index (κ1) is 22.1. The molecule has 4 rings (SSSR count). The van der Waals surface area contributed by atoms with Crippen molar-refractivity contribution in [1.82, 2.24) is 10.9 Å². The summed E-state index contributed by atoms with van der Waals surface area (Å²) < 4.78 is 12.8. The lowest BCUT2D eigenvalue weighted by Crippen LogP contribution is -2.33. The van der Waals surface area contributed by atoms with Crippen LogP contribution in [0.5, 0.6) is 17.2 Å². The number of hydrogen-bond acceptors (Lipinski definition) is 7. The molecule has 3 aromatic rings. The Balaban J connectivity index is 1.46. The molecular weight excluding hydrogens is 478 g/mol. The maximum absolute atomic E-state index is 10.8. The van der Waals surface area contributed by atoms with Crippen LogP contribution in [0.1, 0.15) is 24.1 Å². The predicted molar refractivity (Wildman–Crippen MR) is 123 cm³/mol. The minimum Gasteiger partial charge on any atom is -0.507 e. The quantitative estimate of drug-likeness (QED) is 0.321. The number of phenolic OH excluding ortho intramolecular Hbond substituents is 1. The van der Waals surface area contributed by atoms with Crippen LogP contribution in [-0.4, -0.2) is 22.2 Å². The van der Waals surface area contributed by atoms with Crippen LogP contribution in [0.15, 0.2) is 71.2 Å². The molecule has 0 spiro atoms. The van der Waals surface area contributed by atoms with Gasteiger partial charge < -0.3 is 14.6 Å². The maximum atomic E-state index is 10.8. The maximum Gasteiger partial charge on any atom is 0.269 e. The fourth-order valence-electron chi connectivity index (χ4n) is 3.54. The van der Waals surface area contributed by atoms with E-state index in [0.717, 1.165) is 15.8 Å². The molecule has 0 saturated carbocycles. The molecule has 0 bridgehead atoms. The van der Waals surface area contributed by atoms with Crippen LogP contribution in [0.2, 0.25) is 0 Å². The normalized spacial score (nSPS) is 20.1. The van der Waals surface area contributed by atoms with Gasteiger partial charge in [-0.05, 0) is 64.8 Å². The van der Waals surface area contributed by atoms with Crippen molar-refractivity contribution in [2.45, 2.75) is 31.7 Å². The first-order valence-electron chi connectivity index (χ1n) is 10.0. The highest BCUT2D eigenvalue weighted by molar-refractivity contribution is 9.10. The van der Waals surface area contributed by atoms with Crippen molar-refractivity contribution in [2.75, 3.05) is 0 Å². The number of nitro groups is 1. The number of phenols is 1. The summed E-state index contributed by atoms with van der Waals surface area (Å²) in [4.78, 5) is 10.3. The number of halogens is 1. The van der Waals surface area contributed by atoms with E-state index >= 15 is 0 Å². The smallest absolute Gasteiger partial charge is 0.269 e. The van der Waals surface area contributed by atoms with Crippen molar-refractivity contribution < 1.29 is 19.5 Å². The third kappa shape index (κ3) is 4.85. The van der Waals surface area contributed by atoms with Crippen LogP contribution in [0.25, 0.3) is 0 Å². The summed E-state index contributed by atoms with van der Waals surface area (Å²) in [7, 11) is 0. The van der Waals surface area contributed by atoms with Crippen molar-refractivity contribution in [3.05, 3.63) is 92.4 Å². The van der Waals surface area contributed by atoms with E-state index < -0.39 is 4.92 Å². The fourth-order valence-corrected chi connectivity index (χ4v) is 3.92. The van der Waals surface area contributed by atoms with E-state index in [1.165, 1.54) is 12.1 Å². The van der Waals surface area contributed by atoms with E-state index in [1.54, 1.807) is 30.3 Å². The summed E-state index contributed by atoms with van der Waals surface area (Å²) in [5, 5.41) is 21.4. The second-order valence-electron chi connectivity index (χ2n) is 7.50. The van der Waals surface area contributed by atoms with Gasteiger partial charge in [-0.15, -0.1) is 0 Å². The van der Waals surface area contributed by atoms with Crippen LogP contribution in [0, 0.1) is 10.1 Å². The Labute approximate surface area is 193 Å². The lowest BCUT2D eigenvalue weighted by Gasteiger charge is -2.24.